The van der Waals surface area contributed by atoms with E-state index in [-0.39, 0.29) is 0 Å². The summed E-state index contributed by atoms with van der Waals surface area (Å²) in [4.78, 5) is 11.1. The number of fused-ring (bicyclic) bond motifs is 3. The fourth-order valence-corrected chi connectivity index (χ4v) is 3.70. The quantitative estimate of drug-likeness (QED) is 0.829. The molecule has 2 N–H and O–H groups in total. The van der Waals surface area contributed by atoms with E-state index in [1.807, 2.05) is 0 Å². The second-order valence-corrected chi connectivity index (χ2v) is 6.35. The maximum atomic E-state index is 13.2. The molecule has 3 aliphatic rings. The van der Waals surface area contributed by atoms with E-state index in [2.05, 4.69) is 0 Å². The highest BCUT2D eigenvalue weighted by Crippen LogP contribution is 2.55. The number of rotatable bonds is 2. The van der Waals surface area contributed by atoms with Crippen molar-refractivity contribution in [2.24, 2.45) is 0 Å². The number of hydrogen-bond acceptors (Lipinski definition) is 4. The maximum Gasteiger partial charge on any atom is 0.157 e. The molecule has 5 rings (SSSR count). The predicted molar refractivity (Wildman–Crippen MR) is 79.6 cm³/mol. The van der Waals surface area contributed by atoms with E-state index in [0.717, 1.165) is 0 Å². The average molecular weight is 334 g/mol. The van der Waals surface area contributed by atoms with Crippen LogP contribution in [0.3, 0.4) is 0 Å². The van der Waals surface area contributed by atoms with Crippen LogP contribution in [0, 0.1) is 11.6 Å². The molecule has 0 unspecified atom stereocenters. The van der Waals surface area contributed by atoms with Gasteiger partial charge in [0.2, 0.25) is 0 Å². The highest BCUT2D eigenvalue weighted by Gasteiger charge is 2.64. The largest absolute Gasteiger partial charge is 0.387 e. The molecule has 0 amide bonds. The van der Waals surface area contributed by atoms with Crippen LogP contribution in [0.15, 0.2) is 48.5 Å². The highest BCUT2D eigenvalue weighted by atomic mass is 19.1. The summed E-state index contributed by atoms with van der Waals surface area (Å²) >= 11 is 0. The molecule has 3 fully saturated rings. The van der Waals surface area contributed by atoms with E-state index in [4.69, 9.17) is 9.78 Å². The van der Waals surface area contributed by atoms with E-state index in [1.165, 1.54) is 48.5 Å². The summed E-state index contributed by atoms with van der Waals surface area (Å²) in [5.74, 6) is -0.809. The molecule has 4 nitrogen and oxygen atoms in total. The Morgan fingerprint density at radius 1 is 0.708 bits per heavy atom. The Hall–Kier alpha value is -1.86. The first-order valence-electron chi connectivity index (χ1n) is 7.73. The van der Waals surface area contributed by atoms with Gasteiger partial charge in [-0.25, -0.2) is 18.6 Å². The van der Waals surface area contributed by atoms with Crippen LogP contribution in [0.25, 0.3) is 0 Å². The third-order valence-corrected chi connectivity index (χ3v) is 5.13. The first-order chi connectivity index (χ1) is 11.5. The van der Waals surface area contributed by atoms with E-state index < -0.39 is 35.0 Å². The monoisotopic (exact) mass is 334 g/mol. The minimum absolute atomic E-state index is 0.369. The molecule has 0 spiro atoms. The van der Waals surface area contributed by atoms with Gasteiger partial charge in [-0.05, 0) is 48.2 Å². The van der Waals surface area contributed by atoms with Gasteiger partial charge in [0, 0.05) is 0 Å². The van der Waals surface area contributed by atoms with Crippen molar-refractivity contribution in [1.82, 2.24) is 0 Å². The molecule has 4 atom stereocenters. The Balaban J connectivity index is 1.73. The molecular formula is C18H16F2O4. The van der Waals surface area contributed by atoms with Crippen molar-refractivity contribution in [1.29, 1.82) is 0 Å². The first-order valence-corrected chi connectivity index (χ1v) is 7.73. The number of hydrogen-bond donors (Lipinski definition) is 2. The summed E-state index contributed by atoms with van der Waals surface area (Å²) in [5.41, 5.74) is -1.45. The number of aliphatic hydroxyl groups is 2. The molecular weight excluding hydrogens is 318 g/mol. The number of benzene rings is 2. The van der Waals surface area contributed by atoms with Crippen molar-refractivity contribution < 1.29 is 28.8 Å². The summed E-state index contributed by atoms with van der Waals surface area (Å²) in [5, 5.41) is 21.4. The molecule has 2 aliphatic heterocycles. The van der Waals surface area contributed by atoms with Gasteiger partial charge in [0.05, 0.1) is 0 Å². The molecule has 24 heavy (non-hydrogen) atoms. The van der Waals surface area contributed by atoms with Gasteiger partial charge >= 0.3 is 0 Å². The van der Waals surface area contributed by atoms with Crippen LogP contribution in [0.2, 0.25) is 0 Å². The summed E-state index contributed by atoms with van der Waals surface area (Å²) in [6, 6.07) is 11.1. The lowest BCUT2D eigenvalue weighted by atomic mass is 9.66. The van der Waals surface area contributed by atoms with Gasteiger partial charge in [-0.3, -0.25) is 0 Å². The van der Waals surface area contributed by atoms with Crippen molar-refractivity contribution in [3.63, 3.8) is 0 Å². The van der Waals surface area contributed by atoms with Crippen molar-refractivity contribution >= 4 is 0 Å². The van der Waals surface area contributed by atoms with Gasteiger partial charge in [0.1, 0.15) is 23.8 Å². The van der Waals surface area contributed by atoms with E-state index in [0.29, 0.717) is 24.0 Å². The molecule has 0 aromatic heterocycles. The maximum absolute atomic E-state index is 13.2. The Morgan fingerprint density at radius 2 is 1.04 bits per heavy atom. The Bertz CT molecular complexity index is 671. The lowest BCUT2D eigenvalue weighted by molar-refractivity contribution is -0.516. The van der Waals surface area contributed by atoms with Crippen LogP contribution in [0.1, 0.15) is 24.0 Å². The summed E-state index contributed by atoms with van der Waals surface area (Å²) in [6.45, 7) is 0. The summed E-state index contributed by atoms with van der Waals surface area (Å²) in [7, 11) is 0. The van der Waals surface area contributed by atoms with Gasteiger partial charge < -0.3 is 10.2 Å². The molecule has 0 radical (unpaired) electrons. The summed E-state index contributed by atoms with van der Waals surface area (Å²) in [6.07, 6.45) is -1.80. The lowest BCUT2D eigenvalue weighted by Gasteiger charge is -2.56. The van der Waals surface area contributed by atoms with Crippen LogP contribution in [-0.2, 0) is 21.0 Å². The van der Waals surface area contributed by atoms with Gasteiger partial charge in [-0.2, -0.15) is 0 Å². The Morgan fingerprint density at radius 3 is 1.33 bits per heavy atom. The minimum Gasteiger partial charge on any atom is -0.387 e. The molecule has 2 saturated heterocycles. The van der Waals surface area contributed by atoms with Gasteiger partial charge in [-0.1, -0.05) is 24.3 Å². The zero-order valence-electron chi connectivity index (χ0n) is 12.7. The van der Waals surface area contributed by atoms with Gasteiger partial charge in [-0.15, -0.1) is 0 Å². The van der Waals surface area contributed by atoms with Crippen LogP contribution in [0.4, 0.5) is 8.78 Å². The molecule has 6 heteroatoms. The Kier molecular flexibility index (Phi) is 3.47. The second-order valence-electron chi connectivity index (χ2n) is 6.35. The fourth-order valence-electron chi connectivity index (χ4n) is 3.70. The molecule has 2 aromatic carbocycles. The molecule has 1 saturated carbocycles. The molecule has 2 heterocycles. The smallest absolute Gasteiger partial charge is 0.157 e. The van der Waals surface area contributed by atoms with E-state index in [1.54, 1.807) is 0 Å². The van der Waals surface area contributed by atoms with Crippen molar-refractivity contribution in [2.45, 2.75) is 36.3 Å². The normalized spacial score (nSPS) is 35.2. The molecule has 2 bridgehead atoms. The molecule has 1 aliphatic carbocycles. The second kappa shape index (κ2) is 5.32. The third-order valence-electron chi connectivity index (χ3n) is 5.13. The van der Waals surface area contributed by atoms with Crippen molar-refractivity contribution in [3.05, 3.63) is 71.3 Å². The van der Waals surface area contributed by atoms with Gasteiger partial charge in [0.25, 0.3) is 0 Å². The zero-order valence-corrected chi connectivity index (χ0v) is 12.7. The summed E-state index contributed by atoms with van der Waals surface area (Å²) < 4.78 is 26.3. The standard InChI is InChI=1S/C18H16F2O4/c19-13-5-1-11(2-6-13)17-9-10-18(24-23-17,16(22)15(17)21)12-3-7-14(20)8-4-12/h1-8,15-16,21-22H,9-10H2/t15-,16+,17+,18-. The van der Waals surface area contributed by atoms with Crippen molar-refractivity contribution in [2.75, 3.05) is 0 Å². The van der Waals surface area contributed by atoms with Crippen molar-refractivity contribution in [3.8, 4) is 0 Å². The highest BCUT2D eigenvalue weighted by molar-refractivity contribution is 5.33. The first kappa shape index (κ1) is 15.7. The fraction of sp³-hybridized carbons (Fsp3) is 0.333. The van der Waals surface area contributed by atoms with E-state index >= 15 is 0 Å². The molecule has 2 aromatic rings. The van der Waals surface area contributed by atoms with Crippen LogP contribution in [-0.4, -0.2) is 22.4 Å². The Labute approximate surface area is 137 Å². The number of aliphatic hydroxyl groups excluding tert-OH is 2. The van der Waals surface area contributed by atoms with E-state index in [9.17, 15) is 19.0 Å². The van der Waals surface area contributed by atoms with Crippen LogP contribution < -0.4 is 0 Å². The predicted octanol–water partition coefficient (Wildman–Crippen LogP) is 2.53. The number of halogens is 2. The van der Waals surface area contributed by atoms with Crippen LogP contribution >= 0.6 is 0 Å². The van der Waals surface area contributed by atoms with Gasteiger partial charge in [0.15, 0.2) is 11.2 Å². The SMILES string of the molecule is O[C@@H]1[C@H](O)[C@]2(c3ccc(F)cc3)CC[C@@]1(c1ccc(F)cc1)OO2. The minimum atomic E-state index is -1.27. The molecule has 126 valence electrons. The third kappa shape index (κ3) is 2.04. The topological polar surface area (TPSA) is 58.9 Å². The zero-order chi connectivity index (χ0) is 16.9. The lowest BCUT2D eigenvalue weighted by Crippen LogP contribution is -2.67. The average Bonchev–Trinajstić information content (AvgIpc) is 2.61. The van der Waals surface area contributed by atoms with Crippen LogP contribution in [0.5, 0.6) is 0 Å².